The van der Waals surface area contributed by atoms with E-state index in [1.54, 1.807) is 7.11 Å². The number of para-hydroxylation sites is 1. The van der Waals surface area contributed by atoms with Crippen LogP contribution in [0, 0.1) is 0 Å². The number of aryl methyl sites for hydroxylation is 1. The van der Waals surface area contributed by atoms with Crippen LogP contribution >= 0.6 is 0 Å². The molecule has 0 unspecified atom stereocenters. The Morgan fingerprint density at radius 2 is 1.89 bits per heavy atom. The number of hydrazone groups is 1. The fraction of sp³-hybridized carbons (Fsp3) is 0.188. The van der Waals surface area contributed by atoms with Crippen LogP contribution in [0.1, 0.15) is 17.5 Å². The van der Waals surface area contributed by atoms with Crippen LogP contribution in [0.5, 0.6) is 5.75 Å². The van der Waals surface area contributed by atoms with Crippen molar-refractivity contribution in [1.29, 1.82) is 0 Å². The lowest BCUT2D eigenvalue weighted by atomic mass is 10.1. The number of nitrogens with zero attached hydrogens (tertiary/aromatic N) is 1. The first-order valence-corrected chi connectivity index (χ1v) is 6.42. The second-order valence-electron chi connectivity index (χ2n) is 4.56. The fourth-order valence-corrected chi connectivity index (χ4v) is 2.33. The minimum Gasteiger partial charge on any atom is -0.497 e. The number of methoxy groups -OCH3 is 1. The van der Waals surface area contributed by atoms with E-state index in [-0.39, 0.29) is 0 Å². The van der Waals surface area contributed by atoms with Crippen LogP contribution in [0.15, 0.2) is 53.6 Å². The van der Waals surface area contributed by atoms with Gasteiger partial charge in [-0.15, -0.1) is 0 Å². The molecular weight excluding hydrogens is 236 g/mol. The molecule has 0 saturated carbocycles. The van der Waals surface area contributed by atoms with Crippen molar-refractivity contribution in [2.24, 2.45) is 5.10 Å². The van der Waals surface area contributed by atoms with E-state index in [4.69, 9.17) is 4.74 Å². The number of ether oxygens (including phenoxy) is 1. The maximum atomic E-state index is 5.25. The van der Waals surface area contributed by atoms with Gasteiger partial charge in [0, 0.05) is 5.56 Å². The van der Waals surface area contributed by atoms with E-state index in [9.17, 15) is 0 Å². The van der Waals surface area contributed by atoms with Gasteiger partial charge >= 0.3 is 0 Å². The molecule has 3 nitrogen and oxygen atoms in total. The van der Waals surface area contributed by atoms with Crippen molar-refractivity contribution in [3.05, 3.63) is 59.7 Å². The molecule has 2 aromatic carbocycles. The molecule has 0 amide bonds. The van der Waals surface area contributed by atoms with Gasteiger partial charge < -0.3 is 4.74 Å². The lowest BCUT2D eigenvalue weighted by molar-refractivity contribution is 0.414. The van der Waals surface area contributed by atoms with E-state index in [0.29, 0.717) is 0 Å². The number of rotatable bonds is 3. The van der Waals surface area contributed by atoms with Gasteiger partial charge in [0.15, 0.2) is 0 Å². The molecule has 0 atom stereocenters. The summed E-state index contributed by atoms with van der Waals surface area (Å²) in [5, 5.41) is 4.52. The molecule has 0 fully saturated rings. The topological polar surface area (TPSA) is 33.6 Å². The van der Waals surface area contributed by atoms with Gasteiger partial charge in [0.05, 0.1) is 18.5 Å². The zero-order valence-electron chi connectivity index (χ0n) is 10.9. The average molecular weight is 252 g/mol. The summed E-state index contributed by atoms with van der Waals surface area (Å²) < 4.78 is 5.25. The Labute approximate surface area is 112 Å². The summed E-state index contributed by atoms with van der Waals surface area (Å²) in [6.07, 6.45) is 2.00. The Morgan fingerprint density at radius 1 is 1.05 bits per heavy atom. The zero-order chi connectivity index (χ0) is 13.1. The Hall–Kier alpha value is -2.29. The van der Waals surface area contributed by atoms with Gasteiger partial charge in [-0.05, 0) is 48.7 Å². The molecule has 1 aliphatic rings. The van der Waals surface area contributed by atoms with Crippen LogP contribution < -0.4 is 10.2 Å². The molecule has 0 aliphatic heterocycles. The van der Waals surface area contributed by atoms with E-state index >= 15 is 0 Å². The van der Waals surface area contributed by atoms with Crippen LogP contribution in [-0.4, -0.2) is 12.8 Å². The highest BCUT2D eigenvalue weighted by molar-refractivity contribution is 6.05. The predicted octanol–water partition coefficient (Wildman–Crippen LogP) is 3.46. The first-order valence-electron chi connectivity index (χ1n) is 6.42. The van der Waals surface area contributed by atoms with E-state index in [1.165, 1.54) is 11.1 Å². The molecule has 3 rings (SSSR count). The minimum atomic E-state index is 0.913. The Morgan fingerprint density at radius 3 is 2.68 bits per heavy atom. The van der Waals surface area contributed by atoms with Crippen molar-refractivity contribution in [2.75, 3.05) is 12.5 Å². The second kappa shape index (κ2) is 5.14. The van der Waals surface area contributed by atoms with E-state index in [2.05, 4.69) is 22.7 Å². The van der Waals surface area contributed by atoms with Crippen molar-refractivity contribution in [1.82, 2.24) is 0 Å². The van der Waals surface area contributed by atoms with Gasteiger partial charge in [0.2, 0.25) is 0 Å². The zero-order valence-corrected chi connectivity index (χ0v) is 10.9. The first kappa shape index (κ1) is 11.8. The van der Waals surface area contributed by atoms with Crippen molar-refractivity contribution in [3.8, 4) is 5.75 Å². The highest BCUT2D eigenvalue weighted by Crippen LogP contribution is 2.26. The molecule has 0 aromatic heterocycles. The van der Waals surface area contributed by atoms with Gasteiger partial charge in [-0.3, -0.25) is 5.43 Å². The normalized spacial score (nSPS) is 15.3. The second-order valence-corrected chi connectivity index (χ2v) is 4.56. The molecule has 0 spiro atoms. The summed E-state index contributed by atoms with van der Waals surface area (Å²) in [6, 6.07) is 16.2. The van der Waals surface area contributed by atoms with Crippen molar-refractivity contribution in [3.63, 3.8) is 0 Å². The van der Waals surface area contributed by atoms with Crippen molar-refractivity contribution < 1.29 is 4.74 Å². The predicted molar refractivity (Wildman–Crippen MR) is 77.9 cm³/mol. The number of benzene rings is 2. The molecule has 0 saturated heterocycles. The lowest BCUT2D eigenvalue weighted by Crippen LogP contribution is -1.99. The number of fused-ring (bicyclic) bond motifs is 1. The Kier molecular flexibility index (Phi) is 3.19. The van der Waals surface area contributed by atoms with Crippen LogP contribution in [0.2, 0.25) is 0 Å². The monoisotopic (exact) mass is 252 g/mol. The third-order valence-corrected chi connectivity index (χ3v) is 3.35. The van der Waals surface area contributed by atoms with Crippen molar-refractivity contribution >= 4 is 11.4 Å². The summed E-state index contributed by atoms with van der Waals surface area (Å²) in [5.41, 5.74) is 7.78. The fourth-order valence-electron chi connectivity index (χ4n) is 2.33. The molecule has 3 heteroatoms. The highest BCUT2D eigenvalue weighted by atomic mass is 16.5. The molecular formula is C16H16N2O. The maximum absolute atomic E-state index is 5.25. The number of hydrogen-bond donors (Lipinski definition) is 1. The molecule has 96 valence electrons. The van der Waals surface area contributed by atoms with Crippen LogP contribution in [0.4, 0.5) is 5.69 Å². The molecule has 0 radical (unpaired) electrons. The Balaban J connectivity index is 1.82. The third kappa shape index (κ3) is 2.45. The van der Waals surface area contributed by atoms with Gasteiger partial charge in [-0.1, -0.05) is 18.2 Å². The van der Waals surface area contributed by atoms with Gasteiger partial charge in [0.25, 0.3) is 0 Å². The summed E-state index contributed by atoms with van der Waals surface area (Å²) >= 11 is 0. The molecule has 19 heavy (non-hydrogen) atoms. The largest absolute Gasteiger partial charge is 0.497 e. The van der Waals surface area contributed by atoms with Gasteiger partial charge in [0.1, 0.15) is 5.75 Å². The molecule has 0 bridgehead atoms. The SMILES string of the molecule is COc1ccc2c(c1)CC/C2=N\Nc1ccccc1. The number of hydrogen-bond acceptors (Lipinski definition) is 3. The van der Waals surface area contributed by atoms with Crippen LogP contribution in [0.25, 0.3) is 0 Å². The van der Waals surface area contributed by atoms with Gasteiger partial charge in [-0.25, -0.2) is 0 Å². The standard InChI is InChI=1S/C16H16N2O/c1-19-14-8-9-15-12(11-14)7-10-16(15)18-17-13-5-3-2-4-6-13/h2-6,8-9,11,17H,7,10H2,1H3/b18-16+. The molecule has 1 N–H and O–H groups in total. The summed E-state index contributed by atoms with van der Waals surface area (Å²) in [5.74, 6) is 0.913. The minimum absolute atomic E-state index is 0.913. The number of anilines is 1. The molecule has 1 aliphatic carbocycles. The Bertz CT molecular complexity index is 605. The molecule has 2 aromatic rings. The summed E-state index contributed by atoms with van der Waals surface area (Å²) in [7, 11) is 1.70. The van der Waals surface area contributed by atoms with Crippen LogP contribution in [0.3, 0.4) is 0 Å². The van der Waals surface area contributed by atoms with E-state index in [0.717, 1.165) is 30.0 Å². The first-order chi connectivity index (χ1) is 9.36. The smallest absolute Gasteiger partial charge is 0.119 e. The van der Waals surface area contributed by atoms with Crippen LogP contribution in [-0.2, 0) is 6.42 Å². The highest BCUT2D eigenvalue weighted by Gasteiger charge is 2.18. The van der Waals surface area contributed by atoms with E-state index < -0.39 is 0 Å². The number of nitrogens with one attached hydrogen (secondary N) is 1. The quantitative estimate of drug-likeness (QED) is 0.849. The third-order valence-electron chi connectivity index (χ3n) is 3.35. The maximum Gasteiger partial charge on any atom is 0.119 e. The van der Waals surface area contributed by atoms with Crippen molar-refractivity contribution in [2.45, 2.75) is 12.8 Å². The lowest BCUT2D eigenvalue weighted by Gasteiger charge is -2.04. The average Bonchev–Trinajstić information content (AvgIpc) is 2.88. The summed E-state index contributed by atoms with van der Waals surface area (Å²) in [4.78, 5) is 0. The molecule has 0 heterocycles. The van der Waals surface area contributed by atoms with Gasteiger partial charge in [-0.2, -0.15) is 5.10 Å². The van der Waals surface area contributed by atoms with E-state index in [1.807, 2.05) is 36.4 Å². The summed E-state index contributed by atoms with van der Waals surface area (Å²) in [6.45, 7) is 0.